The standard InChI is InChI=1S/C15H11N3OS/c16-8-10-1-3-11(4-2-10)9-20-15-18-13-6-5-12(17)7-14(13)19-15/h1-7H,9,17H2. The minimum absolute atomic E-state index is 0.620. The molecule has 1 aromatic heterocycles. The highest BCUT2D eigenvalue weighted by atomic mass is 32.2. The Kier molecular flexibility index (Phi) is 3.32. The number of nitrogens with two attached hydrogens (primary N) is 1. The first kappa shape index (κ1) is 12.6. The zero-order valence-corrected chi connectivity index (χ0v) is 11.4. The molecule has 5 heteroatoms. The summed E-state index contributed by atoms with van der Waals surface area (Å²) < 4.78 is 5.63. The number of oxazole rings is 1. The van der Waals surface area contributed by atoms with Gasteiger partial charge in [-0.1, -0.05) is 23.9 Å². The van der Waals surface area contributed by atoms with E-state index >= 15 is 0 Å². The average molecular weight is 281 g/mol. The fourth-order valence-electron chi connectivity index (χ4n) is 1.80. The van der Waals surface area contributed by atoms with Crippen LogP contribution in [0.15, 0.2) is 52.1 Å². The van der Waals surface area contributed by atoms with Crippen LogP contribution in [0.2, 0.25) is 0 Å². The lowest BCUT2D eigenvalue weighted by molar-refractivity contribution is 0.489. The molecule has 0 saturated carbocycles. The van der Waals surface area contributed by atoms with E-state index in [1.807, 2.05) is 30.3 Å². The Morgan fingerprint density at radius 2 is 2.00 bits per heavy atom. The van der Waals surface area contributed by atoms with E-state index in [2.05, 4.69) is 11.1 Å². The lowest BCUT2D eigenvalue weighted by atomic mass is 10.2. The van der Waals surface area contributed by atoms with Gasteiger partial charge in [-0.2, -0.15) is 5.26 Å². The average Bonchev–Trinajstić information content (AvgIpc) is 2.87. The van der Waals surface area contributed by atoms with Crippen LogP contribution >= 0.6 is 11.8 Å². The fraction of sp³-hybridized carbons (Fsp3) is 0.0667. The van der Waals surface area contributed by atoms with Crippen LogP contribution in [0.25, 0.3) is 11.1 Å². The number of rotatable bonds is 3. The van der Waals surface area contributed by atoms with Crippen LogP contribution in [-0.4, -0.2) is 4.98 Å². The van der Waals surface area contributed by atoms with Crippen LogP contribution in [0, 0.1) is 11.3 Å². The molecular formula is C15H11N3OS. The van der Waals surface area contributed by atoms with E-state index in [4.69, 9.17) is 15.4 Å². The molecule has 0 amide bonds. The highest BCUT2D eigenvalue weighted by Crippen LogP contribution is 2.27. The summed E-state index contributed by atoms with van der Waals surface area (Å²) in [6.45, 7) is 0. The first-order valence-corrected chi connectivity index (χ1v) is 7.01. The van der Waals surface area contributed by atoms with E-state index in [1.165, 1.54) is 11.8 Å². The molecule has 0 spiro atoms. The molecule has 4 nitrogen and oxygen atoms in total. The molecular weight excluding hydrogens is 270 g/mol. The molecule has 98 valence electrons. The number of fused-ring (bicyclic) bond motifs is 1. The van der Waals surface area contributed by atoms with E-state index in [0.717, 1.165) is 16.8 Å². The van der Waals surface area contributed by atoms with E-state index < -0.39 is 0 Å². The molecule has 3 rings (SSSR count). The summed E-state index contributed by atoms with van der Waals surface area (Å²) in [6, 6.07) is 15.0. The van der Waals surface area contributed by atoms with Crippen LogP contribution in [-0.2, 0) is 5.75 Å². The Hall–Kier alpha value is -2.45. The van der Waals surface area contributed by atoms with Gasteiger partial charge in [-0.25, -0.2) is 4.98 Å². The molecule has 2 N–H and O–H groups in total. The number of benzene rings is 2. The maximum atomic E-state index is 8.75. The quantitative estimate of drug-likeness (QED) is 0.586. The zero-order valence-electron chi connectivity index (χ0n) is 10.5. The van der Waals surface area contributed by atoms with Crippen molar-refractivity contribution in [2.75, 3.05) is 5.73 Å². The number of anilines is 1. The van der Waals surface area contributed by atoms with Crippen LogP contribution in [0.4, 0.5) is 5.69 Å². The predicted octanol–water partition coefficient (Wildman–Crippen LogP) is 3.57. The summed E-state index contributed by atoms with van der Waals surface area (Å²) in [5.41, 5.74) is 9.66. The van der Waals surface area contributed by atoms with Crippen molar-refractivity contribution in [1.82, 2.24) is 4.98 Å². The van der Waals surface area contributed by atoms with Gasteiger partial charge in [0.15, 0.2) is 5.58 Å². The summed E-state index contributed by atoms with van der Waals surface area (Å²) in [4.78, 5) is 4.39. The lowest BCUT2D eigenvalue weighted by Gasteiger charge is -1.98. The Labute approximate surface area is 120 Å². The molecule has 1 heterocycles. The van der Waals surface area contributed by atoms with Crippen molar-refractivity contribution in [2.45, 2.75) is 11.0 Å². The van der Waals surface area contributed by atoms with Gasteiger partial charge in [0.2, 0.25) is 0 Å². The molecule has 0 unspecified atom stereocenters. The molecule has 20 heavy (non-hydrogen) atoms. The Morgan fingerprint density at radius 3 is 2.75 bits per heavy atom. The number of nitrogen functional groups attached to an aromatic ring is 1. The van der Waals surface area contributed by atoms with Crippen molar-refractivity contribution in [3.05, 3.63) is 53.6 Å². The summed E-state index contributed by atoms with van der Waals surface area (Å²) in [6.07, 6.45) is 0. The minimum Gasteiger partial charge on any atom is -0.431 e. The third-order valence-corrected chi connectivity index (χ3v) is 3.74. The van der Waals surface area contributed by atoms with Crippen LogP contribution in [0.1, 0.15) is 11.1 Å². The van der Waals surface area contributed by atoms with E-state index in [0.29, 0.717) is 22.1 Å². The van der Waals surface area contributed by atoms with Crippen LogP contribution in [0.3, 0.4) is 0 Å². The number of nitriles is 1. The van der Waals surface area contributed by atoms with Gasteiger partial charge in [-0.3, -0.25) is 0 Å². The van der Waals surface area contributed by atoms with E-state index in [-0.39, 0.29) is 0 Å². The Bertz CT molecular complexity index is 787. The van der Waals surface area contributed by atoms with Crippen LogP contribution in [0.5, 0.6) is 0 Å². The number of aromatic nitrogens is 1. The normalized spacial score (nSPS) is 10.6. The largest absolute Gasteiger partial charge is 0.431 e. The van der Waals surface area contributed by atoms with Gasteiger partial charge < -0.3 is 10.2 Å². The maximum Gasteiger partial charge on any atom is 0.257 e. The molecule has 0 aliphatic rings. The third kappa shape index (κ3) is 2.60. The molecule has 0 aliphatic carbocycles. The Morgan fingerprint density at radius 1 is 1.20 bits per heavy atom. The van der Waals surface area contributed by atoms with Crippen molar-refractivity contribution in [3.63, 3.8) is 0 Å². The molecule has 0 saturated heterocycles. The lowest BCUT2D eigenvalue weighted by Crippen LogP contribution is -1.82. The smallest absolute Gasteiger partial charge is 0.257 e. The first-order chi connectivity index (χ1) is 9.74. The summed E-state index contributed by atoms with van der Waals surface area (Å²) in [7, 11) is 0. The number of thioether (sulfide) groups is 1. The Balaban J connectivity index is 1.74. The predicted molar refractivity (Wildman–Crippen MR) is 79.1 cm³/mol. The van der Waals surface area contributed by atoms with Crippen molar-refractivity contribution in [3.8, 4) is 6.07 Å². The second kappa shape index (κ2) is 5.27. The minimum atomic E-state index is 0.620. The summed E-state index contributed by atoms with van der Waals surface area (Å²) in [5.74, 6) is 0.744. The third-order valence-electron chi connectivity index (χ3n) is 2.84. The van der Waals surface area contributed by atoms with Crippen molar-refractivity contribution < 1.29 is 4.42 Å². The number of nitrogens with zero attached hydrogens (tertiary/aromatic N) is 2. The van der Waals surface area contributed by atoms with Crippen molar-refractivity contribution >= 4 is 28.5 Å². The molecule has 0 radical (unpaired) electrons. The molecule has 0 aliphatic heterocycles. The zero-order chi connectivity index (χ0) is 13.9. The number of hydrogen-bond donors (Lipinski definition) is 1. The van der Waals surface area contributed by atoms with Crippen molar-refractivity contribution in [2.24, 2.45) is 0 Å². The number of hydrogen-bond acceptors (Lipinski definition) is 5. The highest BCUT2D eigenvalue weighted by Gasteiger charge is 2.07. The fourth-order valence-corrected chi connectivity index (χ4v) is 2.60. The second-order valence-electron chi connectivity index (χ2n) is 4.30. The van der Waals surface area contributed by atoms with Crippen LogP contribution < -0.4 is 5.73 Å². The van der Waals surface area contributed by atoms with Gasteiger partial charge in [0, 0.05) is 17.5 Å². The van der Waals surface area contributed by atoms with Gasteiger partial charge >= 0.3 is 0 Å². The summed E-state index contributed by atoms with van der Waals surface area (Å²) in [5, 5.41) is 9.37. The first-order valence-electron chi connectivity index (χ1n) is 6.02. The van der Waals surface area contributed by atoms with Gasteiger partial charge in [-0.05, 0) is 29.8 Å². The molecule has 3 aromatic rings. The van der Waals surface area contributed by atoms with Gasteiger partial charge in [0.05, 0.1) is 11.6 Å². The van der Waals surface area contributed by atoms with E-state index in [1.54, 1.807) is 12.1 Å². The van der Waals surface area contributed by atoms with Gasteiger partial charge in [0.25, 0.3) is 5.22 Å². The van der Waals surface area contributed by atoms with Gasteiger partial charge in [-0.15, -0.1) is 0 Å². The molecule has 0 bridgehead atoms. The molecule has 0 fully saturated rings. The second-order valence-corrected chi connectivity index (χ2v) is 5.23. The van der Waals surface area contributed by atoms with E-state index in [9.17, 15) is 0 Å². The highest BCUT2D eigenvalue weighted by molar-refractivity contribution is 7.98. The van der Waals surface area contributed by atoms with Gasteiger partial charge in [0.1, 0.15) is 5.52 Å². The summed E-state index contributed by atoms with van der Waals surface area (Å²) >= 11 is 1.52. The van der Waals surface area contributed by atoms with Crippen molar-refractivity contribution in [1.29, 1.82) is 5.26 Å². The maximum absolute atomic E-state index is 8.75. The monoisotopic (exact) mass is 281 g/mol. The molecule has 2 aromatic carbocycles. The molecule has 0 atom stereocenters. The topological polar surface area (TPSA) is 75.8 Å². The SMILES string of the molecule is N#Cc1ccc(CSc2nc3ccc(N)cc3o2)cc1.